The highest BCUT2D eigenvalue weighted by atomic mass is 16.5. The lowest BCUT2D eigenvalue weighted by atomic mass is 9.82. The maximum Gasteiger partial charge on any atom is 0.269 e. The molecule has 0 saturated carbocycles. The molecule has 0 radical (unpaired) electrons. The number of amides is 1. The van der Waals surface area contributed by atoms with Crippen molar-refractivity contribution >= 4 is 17.4 Å². The lowest BCUT2D eigenvalue weighted by Gasteiger charge is -2.31. The third-order valence-corrected chi connectivity index (χ3v) is 3.57. The van der Waals surface area contributed by atoms with Gasteiger partial charge in [0.15, 0.2) is 0 Å². The second-order valence-corrected chi connectivity index (χ2v) is 4.77. The van der Waals surface area contributed by atoms with Crippen LogP contribution in [0.5, 0.6) is 5.75 Å². The minimum absolute atomic E-state index is 0.244. The Morgan fingerprint density at radius 2 is 1.81 bits per heavy atom. The van der Waals surface area contributed by atoms with Crippen LogP contribution in [-0.4, -0.2) is 23.9 Å². The van der Waals surface area contributed by atoms with Gasteiger partial charge in [-0.3, -0.25) is 9.59 Å². The zero-order chi connectivity index (χ0) is 15.0. The van der Waals surface area contributed by atoms with E-state index in [2.05, 4.69) is 5.32 Å². The largest absolute Gasteiger partial charge is 0.497 e. The number of benzene rings is 2. The number of ketones is 1. The molecule has 21 heavy (non-hydrogen) atoms. The molecule has 0 saturated heterocycles. The lowest BCUT2D eigenvalue weighted by molar-refractivity contribution is -0.130. The number of methoxy groups -OCH3 is 1. The maximum absolute atomic E-state index is 12.6. The van der Waals surface area contributed by atoms with Crippen molar-refractivity contribution in [3.05, 3.63) is 59.7 Å². The van der Waals surface area contributed by atoms with Crippen LogP contribution in [-0.2, 0) is 10.4 Å². The van der Waals surface area contributed by atoms with Crippen molar-refractivity contribution in [2.75, 3.05) is 12.4 Å². The fourth-order valence-electron chi connectivity index (χ4n) is 2.40. The summed E-state index contributed by atoms with van der Waals surface area (Å²) in [6, 6.07) is 12.9. The first kappa shape index (κ1) is 13.3. The minimum atomic E-state index is -2.21. The van der Waals surface area contributed by atoms with E-state index in [1.54, 1.807) is 42.5 Å². The molecule has 0 aromatic heterocycles. The normalized spacial score (nSPS) is 20.7. The summed E-state index contributed by atoms with van der Waals surface area (Å²) in [7, 11) is 1.49. The molecule has 1 atom stereocenters. The average Bonchev–Trinajstić information content (AvgIpc) is 2.53. The number of carbonyl (C=O) groups is 2. The molecule has 1 heterocycles. The zero-order valence-electron chi connectivity index (χ0n) is 11.3. The summed E-state index contributed by atoms with van der Waals surface area (Å²) in [5.74, 6) is -0.887. The SMILES string of the molecule is COc1ccc2c(c1)NC(=O)C(O)(c1ccccc1)C2=O. The second kappa shape index (κ2) is 4.71. The average molecular weight is 283 g/mol. The van der Waals surface area contributed by atoms with Gasteiger partial charge in [0.1, 0.15) is 5.75 Å². The van der Waals surface area contributed by atoms with Gasteiger partial charge in [0.05, 0.1) is 12.8 Å². The molecule has 1 aliphatic heterocycles. The van der Waals surface area contributed by atoms with Gasteiger partial charge >= 0.3 is 0 Å². The molecule has 106 valence electrons. The van der Waals surface area contributed by atoms with Crippen molar-refractivity contribution < 1.29 is 19.4 Å². The first-order chi connectivity index (χ1) is 10.1. The van der Waals surface area contributed by atoms with E-state index >= 15 is 0 Å². The molecule has 0 aliphatic carbocycles. The van der Waals surface area contributed by atoms with E-state index in [1.165, 1.54) is 13.2 Å². The number of fused-ring (bicyclic) bond motifs is 1. The Morgan fingerprint density at radius 1 is 1.10 bits per heavy atom. The molecule has 0 bridgehead atoms. The molecule has 0 fully saturated rings. The highest BCUT2D eigenvalue weighted by molar-refractivity contribution is 6.26. The van der Waals surface area contributed by atoms with Gasteiger partial charge in [0, 0.05) is 17.2 Å². The molecule has 2 aromatic rings. The molecule has 0 spiro atoms. The van der Waals surface area contributed by atoms with Gasteiger partial charge in [0.25, 0.3) is 5.91 Å². The van der Waals surface area contributed by atoms with Crippen LogP contribution in [0.15, 0.2) is 48.5 Å². The summed E-state index contributed by atoms with van der Waals surface area (Å²) in [4.78, 5) is 24.9. The Labute approximate surface area is 121 Å². The van der Waals surface area contributed by atoms with Crippen molar-refractivity contribution in [1.29, 1.82) is 0 Å². The Morgan fingerprint density at radius 3 is 2.48 bits per heavy atom. The van der Waals surface area contributed by atoms with Gasteiger partial charge in [-0.2, -0.15) is 0 Å². The topological polar surface area (TPSA) is 75.6 Å². The molecule has 5 nitrogen and oxygen atoms in total. The van der Waals surface area contributed by atoms with Crippen LogP contribution in [0.3, 0.4) is 0 Å². The van der Waals surface area contributed by atoms with Gasteiger partial charge in [0.2, 0.25) is 11.4 Å². The Kier molecular flexibility index (Phi) is 2.99. The lowest BCUT2D eigenvalue weighted by Crippen LogP contribution is -2.50. The van der Waals surface area contributed by atoms with E-state index in [9.17, 15) is 14.7 Å². The maximum atomic E-state index is 12.6. The number of Topliss-reactive ketones (excluding diaryl/α,β-unsaturated/α-hetero) is 1. The number of anilines is 1. The summed E-state index contributed by atoms with van der Waals surface area (Å²) in [6.45, 7) is 0. The van der Waals surface area contributed by atoms with Crippen LogP contribution in [0.25, 0.3) is 0 Å². The Balaban J connectivity index is 2.14. The van der Waals surface area contributed by atoms with E-state index in [0.29, 0.717) is 11.4 Å². The first-order valence-corrected chi connectivity index (χ1v) is 6.39. The number of hydrogen-bond donors (Lipinski definition) is 2. The molecule has 1 aliphatic rings. The van der Waals surface area contributed by atoms with Crippen LogP contribution in [0, 0.1) is 0 Å². The molecule has 2 N–H and O–H groups in total. The number of carbonyl (C=O) groups excluding carboxylic acids is 2. The van der Waals surface area contributed by atoms with Gasteiger partial charge in [-0.05, 0) is 12.1 Å². The molecule has 1 amide bonds. The minimum Gasteiger partial charge on any atom is -0.497 e. The smallest absolute Gasteiger partial charge is 0.269 e. The third-order valence-electron chi connectivity index (χ3n) is 3.57. The molecular weight excluding hydrogens is 270 g/mol. The van der Waals surface area contributed by atoms with Gasteiger partial charge in [-0.1, -0.05) is 30.3 Å². The van der Waals surface area contributed by atoms with Crippen LogP contribution >= 0.6 is 0 Å². The van der Waals surface area contributed by atoms with E-state index < -0.39 is 17.3 Å². The zero-order valence-corrected chi connectivity index (χ0v) is 11.3. The summed E-state index contributed by atoms with van der Waals surface area (Å²) in [5, 5.41) is 13.2. The number of nitrogens with one attached hydrogen (secondary N) is 1. The van der Waals surface area contributed by atoms with Crippen LogP contribution in [0.2, 0.25) is 0 Å². The van der Waals surface area contributed by atoms with Crippen molar-refractivity contribution in [2.24, 2.45) is 0 Å². The second-order valence-electron chi connectivity index (χ2n) is 4.77. The summed E-state index contributed by atoms with van der Waals surface area (Å²) in [6.07, 6.45) is 0. The van der Waals surface area contributed by atoms with Gasteiger partial charge < -0.3 is 15.2 Å². The fraction of sp³-hybridized carbons (Fsp3) is 0.125. The molecular formula is C16H13NO4. The van der Waals surface area contributed by atoms with Crippen molar-refractivity contribution in [3.8, 4) is 5.75 Å². The quantitative estimate of drug-likeness (QED) is 0.823. The Hall–Kier alpha value is -2.66. The van der Waals surface area contributed by atoms with Crippen LogP contribution in [0.4, 0.5) is 5.69 Å². The Bertz CT molecular complexity index is 726. The van der Waals surface area contributed by atoms with Crippen molar-refractivity contribution in [1.82, 2.24) is 0 Å². The third kappa shape index (κ3) is 1.90. The predicted octanol–water partition coefficient (Wildman–Crippen LogP) is 1.72. The standard InChI is InChI=1S/C16H13NO4/c1-21-11-7-8-12-13(9-11)17-15(19)16(20,14(12)18)10-5-3-2-4-6-10/h2-9,20H,1H3,(H,17,19). The van der Waals surface area contributed by atoms with E-state index in [4.69, 9.17) is 4.74 Å². The molecule has 3 rings (SSSR count). The van der Waals surface area contributed by atoms with Crippen molar-refractivity contribution in [3.63, 3.8) is 0 Å². The van der Waals surface area contributed by atoms with E-state index in [1.807, 2.05) is 0 Å². The van der Waals surface area contributed by atoms with Gasteiger partial charge in [-0.15, -0.1) is 0 Å². The summed E-state index contributed by atoms with van der Waals surface area (Å²) < 4.78 is 5.06. The molecule has 2 aromatic carbocycles. The monoisotopic (exact) mass is 283 g/mol. The summed E-state index contributed by atoms with van der Waals surface area (Å²) >= 11 is 0. The van der Waals surface area contributed by atoms with Crippen LogP contribution in [0.1, 0.15) is 15.9 Å². The summed E-state index contributed by atoms with van der Waals surface area (Å²) in [5.41, 5.74) is -1.37. The van der Waals surface area contributed by atoms with Crippen LogP contribution < -0.4 is 10.1 Å². The number of ether oxygens (including phenoxy) is 1. The van der Waals surface area contributed by atoms with E-state index in [-0.39, 0.29) is 11.1 Å². The van der Waals surface area contributed by atoms with Crippen molar-refractivity contribution in [2.45, 2.75) is 5.60 Å². The highest BCUT2D eigenvalue weighted by Crippen LogP contribution is 2.36. The number of rotatable bonds is 2. The molecule has 1 unspecified atom stereocenters. The van der Waals surface area contributed by atoms with Gasteiger partial charge in [-0.25, -0.2) is 0 Å². The predicted molar refractivity (Wildman–Crippen MR) is 76.3 cm³/mol. The molecule has 5 heteroatoms. The van der Waals surface area contributed by atoms with E-state index in [0.717, 1.165) is 0 Å². The number of aliphatic hydroxyl groups is 1. The fourth-order valence-corrected chi connectivity index (χ4v) is 2.40. The first-order valence-electron chi connectivity index (χ1n) is 6.39. The highest BCUT2D eigenvalue weighted by Gasteiger charge is 2.49. The number of hydrogen-bond acceptors (Lipinski definition) is 4.